The van der Waals surface area contributed by atoms with Crippen molar-refractivity contribution in [1.82, 2.24) is 5.32 Å². The van der Waals surface area contributed by atoms with E-state index >= 15 is 0 Å². The Kier molecular flexibility index (Phi) is 5.37. The molecule has 1 aliphatic carbocycles. The van der Waals surface area contributed by atoms with Gasteiger partial charge in [-0.05, 0) is 50.3 Å². The van der Waals surface area contributed by atoms with E-state index in [1.54, 1.807) is 7.11 Å². The number of allylic oxidation sites excluding steroid dienone is 3. The lowest BCUT2D eigenvalue weighted by molar-refractivity contribution is -0.143. The number of carbonyl (C=O) groups is 2. The number of Topliss-reactive ketones (excluding diaryl/α,β-unsaturated/α-hetero) is 1. The van der Waals surface area contributed by atoms with Crippen LogP contribution in [0.15, 0.2) is 46.8 Å². The molecule has 1 aliphatic heterocycles. The fourth-order valence-corrected chi connectivity index (χ4v) is 4.11. The van der Waals surface area contributed by atoms with Crippen molar-refractivity contribution in [2.75, 3.05) is 7.11 Å². The first-order chi connectivity index (χ1) is 13.1. The SMILES string of the molecule is COc1ccc(C2C(C(=O)OC(C)C)=C(C)NC3=C2C(=O)CC(C)(C)C3)cc1. The van der Waals surface area contributed by atoms with Crippen molar-refractivity contribution in [1.29, 1.82) is 0 Å². The highest BCUT2D eigenvalue weighted by Gasteiger charge is 2.43. The normalized spacial score (nSPS) is 21.4. The van der Waals surface area contributed by atoms with E-state index in [0.29, 0.717) is 17.6 Å². The third-order valence-electron chi connectivity index (χ3n) is 5.25. The molecule has 0 bridgehead atoms. The summed E-state index contributed by atoms with van der Waals surface area (Å²) in [5, 5.41) is 3.34. The molecular formula is C23H29NO4. The van der Waals surface area contributed by atoms with Crippen molar-refractivity contribution in [3.05, 3.63) is 52.4 Å². The number of rotatable bonds is 4. The van der Waals surface area contributed by atoms with Gasteiger partial charge in [0.2, 0.25) is 0 Å². The van der Waals surface area contributed by atoms with Gasteiger partial charge in [0.15, 0.2) is 5.78 Å². The minimum Gasteiger partial charge on any atom is -0.497 e. The van der Waals surface area contributed by atoms with E-state index in [1.165, 1.54) is 0 Å². The van der Waals surface area contributed by atoms with E-state index in [2.05, 4.69) is 19.2 Å². The zero-order valence-corrected chi connectivity index (χ0v) is 17.5. The van der Waals surface area contributed by atoms with Gasteiger partial charge in [-0.3, -0.25) is 4.79 Å². The molecule has 0 saturated carbocycles. The summed E-state index contributed by atoms with van der Waals surface area (Å²) < 4.78 is 10.8. The smallest absolute Gasteiger partial charge is 0.337 e. The van der Waals surface area contributed by atoms with Crippen LogP contribution in [0.25, 0.3) is 0 Å². The Balaban J connectivity index is 2.14. The van der Waals surface area contributed by atoms with Gasteiger partial charge in [-0.25, -0.2) is 4.79 Å². The van der Waals surface area contributed by atoms with Crippen LogP contribution in [0.3, 0.4) is 0 Å². The molecule has 3 rings (SSSR count). The molecule has 0 saturated heterocycles. The van der Waals surface area contributed by atoms with Crippen molar-refractivity contribution in [3.8, 4) is 5.75 Å². The van der Waals surface area contributed by atoms with E-state index in [0.717, 1.165) is 29.1 Å². The number of ether oxygens (including phenoxy) is 2. The number of nitrogens with one attached hydrogen (secondary N) is 1. The fraction of sp³-hybridized carbons (Fsp3) is 0.478. The molecule has 28 heavy (non-hydrogen) atoms. The van der Waals surface area contributed by atoms with E-state index in [-0.39, 0.29) is 23.3 Å². The van der Waals surface area contributed by atoms with Gasteiger partial charge in [-0.15, -0.1) is 0 Å². The van der Waals surface area contributed by atoms with Gasteiger partial charge in [0.1, 0.15) is 5.75 Å². The van der Waals surface area contributed by atoms with Crippen molar-refractivity contribution >= 4 is 11.8 Å². The fourth-order valence-electron chi connectivity index (χ4n) is 4.11. The minimum absolute atomic E-state index is 0.0851. The first-order valence-corrected chi connectivity index (χ1v) is 9.72. The lowest BCUT2D eigenvalue weighted by Gasteiger charge is -2.39. The number of hydrogen-bond donors (Lipinski definition) is 1. The average molecular weight is 383 g/mol. The molecule has 0 amide bonds. The number of benzene rings is 1. The van der Waals surface area contributed by atoms with E-state index in [1.807, 2.05) is 45.0 Å². The Morgan fingerprint density at radius 2 is 1.82 bits per heavy atom. The lowest BCUT2D eigenvalue weighted by Crippen LogP contribution is -2.39. The number of esters is 1. The first kappa shape index (κ1) is 20.2. The zero-order valence-electron chi connectivity index (χ0n) is 17.5. The summed E-state index contributed by atoms with van der Waals surface area (Å²) in [7, 11) is 1.61. The summed E-state index contributed by atoms with van der Waals surface area (Å²) in [6.07, 6.45) is 0.997. The average Bonchev–Trinajstić information content (AvgIpc) is 2.58. The Hall–Kier alpha value is -2.56. The van der Waals surface area contributed by atoms with Gasteiger partial charge in [0.05, 0.1) is 18.8 Å². The van der Waals surface area contributed by atoms with Crippen LogP contribution in [0.2, 0.25) is 0 Å². The molecule has 1 heterocycles. The van der Waals surface area contributed by atoms with E-state index in [9.17, 15) is 9.59 Å². The molecule has 1 unspecified atom stereocenters. The van der Waals surface area contributed by atoms with Crippen LogP contribution in [0, 0.1) is 5.41 Å². The highest BCUT2D eigenvalue weighted by molar-refractivity contribution is 6.04. The number of hydrogen-bond acceptors (Lipinski definition) is 5. The quantitative estimate of drug-likeness (QED) is 0.788. The molecule has 1 aromatic rings. The second-order valence-electron chi connectivity index (χ2n) is 8.66. The second-order valence-corrected chi connectivity index (χ2v) is 8.66. The predicted octanol–water partition coefficient (Wildman–Crippen LogP) is 4.25. The summed E-state index contributed by atoms with van der Waals surface area (Å²) in [6.45, 7) is 9.72. The molecule has 0 aromatic heterocycles. The number of dihydropyridines is 1. The van der Waals surface area contributed by atoms with Gasteiger partial charge in [0.25, 0.3) is 0 Å². The molecule has 0 spiro atoms. The van der Waals surface area contributed by atoms with Gasteiger partial charge in [0, 0.05) is 29.3 Å². The Morgan fingerprint density at radius 1 is 1.18 bits per heavy atom. The van der Waals surface area contributed by atoms with Crippen molar-refractivity contribution in [2.24, 2.45) is 5.41 Å². The lowest BCUT2D eigenvalue weighted by atomic mass is 9.68. The summed E-state index contributed by atoms with van der Waals surface area (Å²) in [5.41, 5.74) is 3.63. The summed E-state index contributed by atoms with van der Waals surface area (Å²) in [5.74, 6) is -0.000997. The summed E-state index contributed by atoms with van der Waals surface area (Å²) >= 11 is 0. The predicted molar refractivity (Wildman–Crippen MR) is 108 cm³/mol. The zero-order chi connectivity index (χ0) is 20.6. The molecule has 0 radical (unpaired) electrons. The van der Waals surface area contributed by atoms with E-state index < -0.39 is 5.92 Å². The van der Waals surface area contributed by atoms with Crippen molar-refractivity contribution in [3.63, 3.8) is 0 Å². The Morgan fingerprint density at radius 3 is 2.39 bits per heavy atom. The maximum Gasteiger partial charge on any atom is 0.337 e. The maximum atomic E-state index is 13.2. The Labute approximate surface area is 166 Å². The Bertz CT molecular complexity index is 859. The van der Waals surface area contributed by atoms with Gasteiger partial charge < -0.3 is 14.8 Å². The first-order valence-electron chi connectivity index (χ1n) is 9.72. The number of ketones is 1. The van der Waals surface area contributed by atoms with Gasteiger partial charge in [-0.1, -0.05) is 26.0 Å². The van der Waals surface area contributed by atoms with Crippen LogP contribution < -0.4 is 10.1 Å². The number of carbonyl (C=O) groups excluding carboxylic acids is 2. The maximum absolute atomic E-state index is 13.2. The third-order valence-corrected chi connectivity index (χ3v) is 5.25. The monoisotopic (exact) mass is 383 g/mol. The van der Waals surface area contributed by atoms with E-state index in [4.69, 9.17) is 9.47 Å². The topological polar surface area (TPSA) is 64.6 Å². The summed E-state index contributed by atoms with van der Waals surface area (Å²) in [6, 6.07) is 7.55. The molecular weight excluding hydrogens is 354 g/mol. The second kappa shape index (κ2) is 7.46. The molecule has 1 N–H and O–H groups in total. The van der Waals surface area contributed by atoms with Crippen LogP contribution >= 0.6 is 0 Å². The standard InChI is InChI=1S/C23H29NO4/c1-13(2)28-22(26)19-14(3)24-17-11-23(4,5)12-18(25)21(17)20(19)15-7-9-16(27-6)10-8-15/h7-10,13,20,24H,11-12H2,1-6H3. The molecule has 5 heteroatoms. The molecule has 0 fully saturated rings. The summed E-state index contributed by atoms with van der Waals surface area (Å²) in [4.78, 5) is 26.1. The van der Waals surface area contributed by atoms with Crippen molar-refractivity contribution < 1.29 is 19.1 Å². The largest absolute Gasteiger partial charge is 0.497 e. The van der Waals surface area contributed by atoms with Crippen LogP contribution in [0.5, 0.6) is 5.75 Å². The highest BCUT2D eigenvalue weighted by Crippen LogP contribution is 2.47. The molecule has 150 valence electrons. The van der Waals surface area contributed by atoms with Gasteiger partial charge >= 0.3 is 5.97 Å². The highest BCUT2D eigenvalue weighted by atomic mass is 16.5. The molecule has 1 atom stereocenters. The minimum atomic E-state index is -0.433. The molecule has 5 nitrogen and oxygen atoms in total. The van der Waals surface area contributed by atoms with Crippen LogP contribution in [-0.2, 0) is 14.3 Å². The van der Waals surface area contributed by atoms with Crippen LogP contribution in [-0.4, -0.2) is 25.0 Å². The van der Waals surface area contributed by atoms with Crippen molar-refractivity contribution in [2.45, 2.75) is 59.5 Å². The third kappa shape index (κ3) is 3.84. The van der Waals surface area contributed by atoms with Crippen LogP contribution in [0.1, 0.15) is 58.9 Å². The van der Waals surface area contributed by atoms with Gasteiger partial charge in [-0.2, -0.15) is 0 Å². The number of methoxy groups -OCH3 is 1. The molecule has 2 aliphatic rings. The van der Waals surface area contributed by atoms with Crippen LogP contribution in [0.4, 0.5) is 0 Å². The molecule has 1 aromatic carbocycles.